The zero-order chi connectivity index (χ0) is 23.9. The second-order valence-electron chi connectivity index (χ2n) is 9.51. The summed E-state index contributed by atoms with van der Waals surface area (Å²) in [6.45, 7) is 3.21. The van der Waals surface area contributed by atoms with Crippen LogP contribution in [-0.2, 0) is 0 Å². The summed E-state index contributed by atoms with van der Waals surface area (Å²) in [6, 6.07) is 13.8. The van der Waals surface area contributed by atoms with Gasteiger partial charge in [0, 0.05) is 31.2 Å². The molecule has 1 N–H and O–H groups in total. The van der Waals surface area contributed by atoms with Gasteiger partial charge < -0.3 is 10.2 Å². The van der Waals surface area contributed by atoms with E-state index in [-0.39, 0.29) is 17.9 Å². The molecule has 0 unspecified atom stereocenters. The van der Waals surface area contributed by atoms with Crippen LogP contribution in [0.3, 0.4) is 0 Å². The number of rotatable bonds is 5. The van der Waals surface area contributed by atoms with Crippen LogP contribution < -0.4 is 5.32 Å². The van der Waals surface area contributed by atoms with Gasteiger partial charge in [0.25, 0.3) is 11.8 Å². The highest BCUT2D eigenvalue weighted by Crippen LogP contribution is 2.45. The lowest BCUT2D eigenvalue weighted by Crippen LogP contribution is -2.49. The lowest BCUT2D eigenvalue weighted by molar-refractivity contribution is 0.0671. The summed E-state index contributed by atoms with van der Waals surface area (Å²) in [6.07, 6.45) is 7.40. The molecule has 6 rings (SSSR count). The zero-order valence-electron chi connectivity index (χ0n) is 19.6. The SMILES string of the molecule is Cc1cccc(-c2sc(C3CC3)nc2C(=O)N2CCC[C@@H](NC(=O)c3cnc4ccccn34)C2)c1. The van der Waals surface area contributed by atoms with Gasteiger partial charge in [0.1, 0.15) is 17.0 Å². The molecule has 7 nitrogen and oxygen atoms in total. The first-order valence-electron chi connectivity index (χ1n) is 12.2. The molecule has 0 radical (unpaired) electrons. The van der Waals surface area contributed by atoms with Crippen molar-refractivity contribution >= 4 is 28.8 Å². The van der Waals surface area contributed by atoms with E-state index in [9.17, 15) is 9.59 Å². The predicted octanol–water partition coefficient (Wildman–Crippen LogP) is 4.68. The highest BCUT2D eigenvalue weighted by molar-refractivity contribution is 7.15. The van der Waals surface area contributed by atoms with E-state index in [0.29, 0.717) is 30.4 Å². The number of pyridine rings is 1. The number of nitrogens with zero attached hydrogens (tertiary/aromatic N) is 4. The van der Waals surface area contributed by atoms with Gasteiger partial charge in [-0.15, -0.1) is 11.3 Å². The maximum Gasteiger partial charge on any atom is 0.274 e. The van der Waals surface area contributed by atoms with Crippen molar-refractivity contribution < 1.29 is 9.59 Å². The molecular formula is C27H27N5O2S. The van der Waals surface area contributed by atoms with Gasteiger partial charge in [0.05, 0.1) is 16.1 Å². The van der Waals surface area contributed by atoms with Crippen LogP contribution in [0, 0.1) is 6.92 Å². The summed E-state index contributed by atoms with van der Waals surface area (Å²) in [7, 11) is 0. The van der Waals surface area contributed by atoms with E-state index >= 15 is 0 Å². The number of hydrogen-bond donors (Lipinski definition) is 1. The topological polar surface area (TPSA) is 79.6 Å². The number of thiazole rings is 1. The molecule has 1 atom stereocenters. The Balaban J connectivity index is 1.22. The Labute approximate surface area is 207 Å². The molecule has 1 saturated carbocycles. The third-order valence-electron chi connectivity index (χ3n) is 6.75. The fourth-order valence-electron chi connectivity index (χ4n) is 4.76. The normalized spacial score (nSPS) is 18.1. The number of piperidine rings is 1. The van der Waals surface area contributed by atoms with Crippen LogP contribution in [0.2, 0.25) is 0 Å². The number of fused-ring (bicyclic) bond motifs is 1. The summed E-state index contributed by atoms with van der Waals surface area (Å²) in [5, 5.41) is 4.19. The van der Waals surface area contributed by atoms with Gasteiger partial charge >= 0.3 is 0 Å². The molecule has 2 fully saturated rings. The number of amides is 2. The largest absolute Gasteiger partial charge is 0.346 e. The Hall–Kier alpha value is -3.52. The Morgan fingerprint density at radius 3 is 2.83 bits per heavy atom. The number of aryl methyl sites for hydroxylation is 1. The van der Waals surface area contributed by atoms with E-state index in [4.69, 9.17) is 4.98 Å². The van der Waals surface area contributed by atoms with E-state index in [2.05, 4.69) is 35.4 Å². The minimum atomic E-state index is -0.173. The van der Waals surface area contributed by atoms with Gasteiger partial charge in [-0.25, -0.2) is 9.97 Å². The Morgan fingerprint density at radius 2 is 2.00 bits per heavy atom. The average molecular weight is 486 g/mol. The average Bonchev–Trinajstić information content (AvgIpc) is 3.47. The van der Waals surface area contributed by atoms with Crippen LogP contribution >= 0.6 is 11.3 Å². The smallest absolute Gasteiger partial charge is 0.274 e. The molecule has 2 amide bonds. The number of likely N-dealkylation sites (tertiary alicyclic amines) is 1. The summed E-state index contributed by atoms with van der Waals surface area (Å²) in [5.74, 6) is 0.274. The molecule has 2 aliphatic rings. The molecule has 4 heterocycles. The summed E-state index contributed by atoms with van der Waals surface area (Å²) in [5.41, 5.74) is 4.00. The van der Waals surface area contributed by atoms with Crippen LogP contribution in [0.25, 0.3) is 16.1 Å². The van der Waals surface area contributed by atoms with Crippen LogP contribution in [-0.4, -0.2) is 50.2 Å². The molecule has 1 aliphatic carbocycles. The number of benzene rings is 1. The Morgan fingerprint density at radius 1 is 1.11 bits per heavy atom. The van der Waals surface area contributed by atoms with Crippen LogP contribution in [0.1, 0.15) is 63.1 Å². The van der Waals surface area contributed by atoms with Crippen molar-refractivity contribution in [3.8, 4) is 10.4 Å². The van der Waals surface area contributed by atoms with Crippen molar-refractivity contribution in [1.29, 1.82) is 0 Å². The highest BCUT2D eigenvalue weighted by atomic mass is 32.1. The molecule has 178 valence electrons. The molecular weight excluding hydrogens is 458 g/mol. The molecule has 8 heteroatoms. The number of carbonyl (C=O) groups is 2. The van der Waals surface area contributed by atoms with Crippen molar-refractivity contribution in [2.45, 2.75) is 44.6 Å². The standard InChI is InChI=1S/C27H27N5O2S/c1-17-6-4-7-19(14-17)24-23(30-26(35-24)18-10-11-18)27(34)31-12-5-8-20(16-31)29-25(33)21-15-28-22-9-2-3-13-32(21)22/h2-4,6-7,9,13-15,18,20H,5,8,10-12,16H2,1H3,(H,29,33)/t20-/m1/s1. The minimum Gasteiger partial charge on any atom is -0.346 e. The first-order valence-corrected chi connectivity index (χ1v) is 13.0. The van der Waals surface area contributed by atoms with Gasteiger partial charge in [-0.2, -0.15) is 0 Å². The Bertz CT molecular complexity index is 1420. The number of hydrogen-bond acceptors (Lipinski definition) is 5. The van der Waals surface area contributed by atoms with Gasteiger partial charge in [0.15, 0.2) is 0 Å². The molecule has 35 heavy (non-hydrogen) atoms. The number of carbonyl (C=O) groups excluding carboxylic acids is 2. The first-order chi connectivity index (χ1) is 17.1. The van der Waals surface area contributed by atoms with Crippen molar-refractivity contribution in [2.75, 3.05) is 13.1 Å². The summed E-state index contributed by atoms with van der Waals surface area (Å²) >= 11 is 1.66. The molecule has 3 aromatic heterocycles. The monoisotopic (exact) mass is 485 g/mol. The van der Waals surface area contributed by atoms with Gasteiger partial charge in [-0.1, -0.05) is 35.9 Å². The maximum atomic E-state index is 13.7. The molecule has 0 spiro atoms. The predicted molar refractivity (Wildman–Crippen MR) is 136 cm³/mol. The molecule has 1 aliphatic heterocycles. The summed E-state index contributed by atoms with van der Waals surface area (Å²) in [4.78, 5) is 38.7. The lowest BCUT2D eigenvalue weighted by Gasteiger charge is -2.33. The number of aromatic nitrogens is 3. The molecule has 1 saturated heterocycles. The summed E-state index contributed by atoms with van der Waals surface area (Å²) < 4.78 is 1.78. The van der Waals surface area contributed by atoms with Crippen LogP contribution in [0.15, 0.2) is 54.9 Å². The van der Waals surface area contributed by atoms with Gasteiger partial charge in [0.2, 0.25) is 0 Å². The van der Waals surface area contributed by atoms with E-state index in [1.54, 1.807) is 21.9 Å². The van der Waals surface area contributed by atoms with Crippen molar-refractivity contribution in [2.24, 2.45) is 0 Å². The van der Waals surface area contributed by atoms with Crippen LogP contribution in [0.4, 0.5) is 0 Å². The van der Waals surface area contributed by atoms with Crippen molar-refractivity contribution in [3.05, 3.63) is 76.8 Å². The molecule has 4 aromatic rings. The first kappa shape index (κ1) is 22.0. The van der Waals surface area contributed by atoms with E-state index in [1.807, 2.05) is 35.4 Å². The van der Waals surface area contributed by atoms with Gasteiger partial charge in [-0.05, 0) is 50.3 Å². The fourth-order valence-corrected chi connectivity index (χ4v) is 5.98. The minimum absolute atomic E-state index is 0.0431. The molecule has 1 aromatic carbocycles. The van der Waals surface area contributed by atoms with Gasteiger partial charge in [-0.3, -0.25) is 14.0 Å². The lowest BCUT2D eigenvalue weighted by atomic mass is 10.0. The zero-order valence-corrected chi connectivity index (χ0v) is 20.4. The van der Waals surface area contributed by atoms with E-state index in [1.165, 1.54) is 0 Å². The third-order valence-corrected chi connectivity index (χ3v) is 8.01. The van der Waals surface area contributed by atoms with E-state index < -0.39 is 0 Å². The fraction of sp³-hybridized carbons (Fsp3) is 0.333. The van der Waals surface area contributed by atoms with Crippen molar-refractivity contribution in [1.82, 2.24) is 24.6 Å². The third kappa shape index (κ3) is 4.34. The second-order valence-corrected chi connectivity index (χ2v) is 10.5. The number of imidazole rings is 1. The quantitative estimate of drug-likeness (QED) is 0.445. The van der Waals surface area contributed by atoms with E-state index in [0.717, 1.165) is 52.3 Å². The maximum absolute atomic E-state index is 13.7. The second kappa shape index (κ2) is 8.92. The van der Waals surface area contributed by atoms with Crippen molar-refractivity contribution in [3.63, 3.8) is 0 Å². The Kier molecular flexibility index (Phi) is 5.60. The highest BCUT2D eigenvalue weighted by Gasteiger charge is 2.33. The molecule has 0 bridgehead atoms. The van der Waals surface area contributed by atoms with Crippen LogP contribution in [0.5, 0.6) is 0 Å². The number of nitrogens with one attached hydrogen (secondary N) is 1.